The van der Waals surface area contributed by atoms with Crippen LogP contribution in [0.3, 0.4) is 0 Å². The van der Waals surface area contributed by atoms with Crippen LogP contribution in [-0.2, 0) is 0 Å². The number of methoxy groups -OCH3 is 2. The van der Waals surface area contributed by atoms with Gasteiger partial charge in [-0.25, -0.2) is 0 Å². The SMILES string of the molecule is COc1ccc(C=CC=Cc2cccc3sc(C)c(-c4cc(OC)ccc4C=Cc4sc(C)c(C5=CC(F)(F)C(F)(F)C5(F)F)c4C)c23)cc1. The van der Waals surface area contributed by atoms with E-state index < -0.39 is 23.3 Å². The molecule has 0 radical (unpaired) electrons. The number of benzene rings is 3. The predicted octanol–water partition coefficient (Wildman–Crippen LogP) is 12.8. The third kappa shape index (κ3) is 6.09. The Balaban J connectivity index is 1.39. The van der Waals surface area contributed by atoms with Crippen LogP contribution in [0.1, 0.15) is 42.4 Å². The summed E-state index contributed by atoms with van der Waals surface area (Å²) in [6, 6.07) is 19.5. The van der Waals surface area contributed by atoms with Crippen LogP contribution in [0.15, 0.2) is 78.9 Å². The average Bonchev–Trinajstić information content (AvgIpc) is 3.61. The summed E-state index contributed by atoms with van der Waals surface area (Å²) >= 11 is 2.74. The minimum absolute atomic E-state index is 0.227. The molecule has 0 spiro atoms. The van der Waals surface area contributed by atoms with Gasteiger partial charge in [-0.3, -0.25) is 0 Å². The van der Waals surface area contributed by atoms with Crippen molar-refractivity contribution in [3.63, 3.8) is 0 Å². The first-order valence-corrected chi connectivity index (χ1v) is 17.2. The Morgan fingerprint density at radius 2 is 1.32 bits per heavy atom. The van der Waals surface area contributed by atoms with Gasteiger partial charge in [-0.15, -0.1) is 22.7 Å². The molecule has 0 bridgehead atoms. The third-order valence-corrected chi connectivity index (χ3v) is 11.0. The van der Waals surface area contributed by atoms with E-state index in [2.05, 4.69) is 6.07 Å². The molecular weight excluding hydrogens is 691 g/mol. The molecule has 0 amide bonds. The van der Waals surface area contributed by atoms with Crippen LogP contribution in [-0.4, -0.2) is 32.0 Å². The maximum Gasteiger partial charge on any atom is 0.380 e. The lowest BCUT2D eigenvalue weighted by molar-refractivity contribution is -0.257. The fraction of sp³-hybridized carbons (Fsp3) is 0.200. The minimum Gasteiger partial charge on any atom is -0.497 e. The molecule has 0 atom stereocenters. The molecule has 2 heterocycles. The number of allylic oxidation sites excluding steroid dienone is 4. The highest BCUT2D eigenvalue weighted by atomic mass is 32.1. The molecule has 0 aliphatic heterocycles. The van der Waals surface area contributed by atoms with Crippen molar-refractivity contribution in [1.82, 2.24) is 0 Å². The van der Waals surface area contributed by atoms with Gasteiger partial charge in [0.1, 0.15) is 11.5 Å². The van der Waals surface area contributed by atoms with Crippen molar-refractivity contribution < 1.29 is 35.8 Å². The van der Waals surface area contributed by atoms with Crippen LogP contribution in [0.5, 0.6) is 11.5 Å². The fourth-order valence-electron chi connectivity index (χ4n) is 6.19. The summed E-state index contributed by atoms with van der Waals surface area (Å²) in [5, 5.41) is 1.05. The van der Waals surface area contributed by atoms with Crippen molar-refractivity contribution in [2.75, 3.05) is 14.2 Å². The molecule has 0 fully saturated rings. The second kappa shape index (κ2) is 13.3. The Morgan fingerprint density at radius 3 is 1.98 bits per heavy atom. The van der Waals surface area contributed by atoms with Crippen molar-refractivity contribution in [3.8, 4) is 22.6 Å². The van der Waals surface area contributed by atoms with Gasteiger partial charge < -0.3 is 9.47 Å². The van der Waals surface area contributed by atoms with E-state index in [4.69, 9.17) is 9.47 Å². The molecule has 258 valence electrons. The maximum absolute atomic E-state index is 14.7. The second-order valence-corrected chi connectivity index (χ2v) is 14.4. The Bertz CT molecular complexity index is 2200. The number of alkyl halides is 6. The quantitative estimate of drug-likeness (QED) is 0.111. The lowest BCUT2D eigenvalue weighted by Gasteiger charge is -2.25. The van der Waals surface area contributed by atoms with Crippen molar-refractivity contribution in [2.45, 2.75) is 38.5 Å². The minimum atomic E-state index is -5.52. The highest BCUT2D eigenvalue weighted by Gasteiger charge is 2.77. The number of halogens is 6. The summed E-state index contributed by atoms with van der Waals surface area (Å²) in [5.41, 5.74) is 3.31. The summed E-state index contributed by atoms with van der Waals surface area (Å²) in [5.74, 6) is -14.1. The zero-order chi connectivity index (χ0) is 36.0. The molecule has 1 aliphatic carbocycles. The van der Waals surface area contributed by atoms with E-state index in [1.54, 1.807) is 31.6 Å². The molecule has 0 unspecified atom stereocenters. The second-order valence-electron chi connectivity index (χ2n) is 11.9. The van der Waals surface area contributed by atoms with E-state index in [1.807, 2.05) is 91.9 Å². The zero-order valence-corrected chi connectivity index (χ0v) is 29.3. The molecule has 50 heavy (non-hydrogen) atoms. The summed E-state index contributed by atoms with van der Waals surface area (Å²) in [6.07, 6.45) is 11.3. The van der Waals surface area contributed by atoms with E-state index in [1.165, 1.54) is 13.8 Å². The topological polar surface area (TPSA) is 18.5 Å². The summed E-state index contributed by atoms with van der Waals surface area (Å²) in [6.45, 7) is 5.00. The van der Waals surface area contributed by atoms with Gasteiger partial charge in [-0.2, -0.15) is 26.3 Å². The number of aryl methyl sites for hydroxylation is 2. The van der Waals surface area contributed by atoms with E-state index >= 15 is 0 Å². The predicted molar refractivity (Wildman–Crippen MR) is 195 cm³/mol. The third-order valence-electron chi connectivity index (χ3n) is 8.76. The lowest BCUT2D eigenvalue weighted by Crippen LogP contribution is -2.48. The largest absolute Gasteiger partial charge is 0.497 e. The smallest absolute Gasteiger partial charge is 0.380 e. The molecule has 0 saturated heterocycles. The van der Waals surface area contributed by atoms with Crippen LogP contribution in [0, 0.1) is 20.8 Å². The number of hydrogen-bond acceptors (Lipinski definition) is 4. The highest BCUT2D eigenvalue weighted by Crippen LogP contribution is 2.59. The monoisotopic (exact) mass is 722 g/mol. The van der Waals surface area contributed by atoms with Crippen molar-refractivity contribution in [1.29, 1.82) is 0 Å². The Morgan fingerprint density at radius 1 is 0.660 bits per heavy atom. The van der Waals surface area contributed by atoms with Gasteiger partial charge >= 0.3 is 17.8 Å². The van der Waals surface area contributed by atoms with Gasteiger partial charge in [0.05, 0.1) is 14.2 Å². The first-order valence-electron chi connectivity index (χ1n) is 15.5. The summed E-state index contributed by atoms with van der Waals surface area (Å²) in [4.78, 5) is 1.81. The Kier molecular flexibility index (Phi) is 9.39. The lowest BCUT2D eigenvalue weighted by atomic mass is 9.93. The molecule has 2 aromatic heterocycles. The number of ether oxygens (including phenoxy) is 2. The van der Waals surface area contributed by atoms with Crippen LogP contribution in [0.2, 0.25) is 0 Å². The normalized spacial score (nSPS) is 16.7. The van der Waals surface area contributed by atoms with Gasteiger partial charge in [-0.1, -0.05) is 60.7 Å². The van der Waals surface area contributed by atoms with Crippen molar-refractivity contribution >= 4 is 62.6 Å². The first-order chi connectivity index (χ1) is 23.7. The van der Waals surface area contributed by atoms with E-state index in [0.717, 1.165) is 59.9 Å². The molecule has 6 rings (SSSR count). The van der Waals surface area contributed by atoms with Gasteiger partial charge in [0.15, 0.2) is 0 Å². The van der Waals surface area contributed by atoms with Gasteiger partial charge in [0.2, 0.25) is 0 Å². The number of fused-ring (bicyclic) bond motifs is 1. The zero-order valence-electron chi connectivity index (χ0n) is 27.7. The standard InChI is InChI=1S/C40H32F6O2S2/c1-23-33(49-24(2)35(23)32-22-38(41,42)40(45,46)39(32,43)44)20-16-27-15-19-30(48-5)21-31(27)36-25(3)50-34-12-8-11-28(37(34)36)10-7-6-9-26-13-17-29(47-4)18-14-26/h6-22H,1-5H3. The highest BCUT2D eigenvalue weighted by molar-refractivity contribution is 7.19. The number of rotatable bonds is 9. The molecule has 0 N–H and O–H groups in total. The first kappa shape index (κ1) is 35.3. The molecular formula is C40H32F6O2S2. The molecule has 0 saturated carbocycles. The number of hydrogen-bond donors (Lipinski definition) is 0. The van der Waals surface area contributed by atoms with Gasteiger partial charge in [0, 0.05) is 47.5 Å². The van der Waals surface area contributed by atoms with Crippen LogP contribution >= 0.6 is 22.7 Å². The fourth-order valence-corrected chi connectivity index (χ4v) is 8.39. The van der Waals surface area contributed by atoms with Crippen molar-refractivity contribution in [2.24, 2.45) is 0 Å². The average molecular weight is 723 g/mol. The van der Waals surface area contributed by atoms with E-state index in [9.17, 15) is 26.3 Å². The molecule has 5 aromatic rings. The van der Waals surface area contributed by atoms with E-state index in [0.29, 0.717) is 10.6 Å². The number of thiophene rings is 2. The van der Waals surface area contributed by atoms with Crippen LogP contribution in [0.25, 0.3) is 51.1 Å². The molecule has 2 nitrogen and oxygen atoms in total. The van der Waals surface area contributed by atoms with Crippen LogP contribution < -0.4 is 9.47 Å². The Hall–Kier alpha value is -4.54. The van der Waals surface area contributed by atoms with Crippen molar-refractivity contribution in [3.05, 3.63) is 121 Å². The molecule has 1 aliphatic rings. The summed E-state index contributed by atoms with van der Waals surface area (Å²) < 4.78 is 97.6. The van der Waals surface area contributed by atoms with Crippen LogP contribution in [0.4, 0.5) is 26.3 Å². The molecule has 10 heteroatoms. The van der Waals surface area contributed by atoms with E-state index in [-0.39, 0.29) is 22.1 Å². The van der Waals surface area contributed by atoms with Gasteiger partial charge in [0.25, 0.3) is 0 Å². The maximum atomic E-state index is 14.7. The molecule has 3 aromatic carbocycles. The Labute approximate surface area is 294 Å². The van der Waals surface area contributed by atoms with Gasteiger partial charge in [-0.05, 0) is 85.0 Å². The summed E-state index contributed by atoms with van der Waals surface area (Å²) in [7, 11) is 3.21.